The van der Waals surface area contributed by atoms with Crippen LogP contribution in [0.1, 0.15) is 11.6 Å². The molecular weight excluding hydrogens is 234 g/mol. The van der Waals surface area contributed by atoms with Crippen molar-refractivity contribution in [2.45, 2.75) is 6.04 Å². The van der Waals surface area contributed by atoms with Crippen LogP contribution in [-0.2, 0) is 0 Å². The van der Waals surface area contributed by atoms with Crippen molar-refractivity contribution in [2.24, 2.45) is 4.99 Å². The first-order chi connectivity index (χ1) is 8.20. The molecule has 0 aliphatic carbocycles. The second-order valence-electron chi connectivity index (χ2n) is 3.92. The summed E-state index contributed by atoms with van der Waals surface area (Å²) in [6, 6.07) is 7.35. The zero-order valence-corrected chi connectivity index (χ0v) is 10.4. The second-order valence-corrected chi connectivity index (χ2v) is 4.36. The van der Waals surface area contributed by atoms with Crippen LogP contribution in [0.15, 0.2) is 29.3 Å². The predicted molar refractivity (Wildman–Crippen MR) is 71.1 cm³/mol. The maximum Gasteiger partial charge on any atom is 0.195 e. The highest BCUT2D eigenvalue weighted by molar-refractivity contribution is 6.30. The molecule has 0 radical (unpaired) electrons. The van der Waals surface area contributed by atoms with Gasteiger partial charge < -0.3 is 10.2 Å². The maximum atomic E-state index is 5.85. The SMILES string of the molecule is C#CC(NC1=NCCN1C)c1ccc(Cl)cc1. The van der Waals surface area contributed by atoms with Gasteiger partial charge in [0.1, 0.15) is 6.04 Å². The molecule has 0 saturated carbocycles. The Kier molecular flexibility index (Phi) is 3.55. The third-order valence-electron chi connectivity index (χ3n) is 2.70. The van der Waals surface area contributed by atoms with Gasteiger partial charge in [-0.1, -0.05) is 29.7 Å². The van der Waals surface area contributed by atoms with E-state index in [0.29, 0.717) is 5.02 Å². The van der Waals surface area contributed by atoms with Gasteiger partial charge in [0.25, 0.3) is 0 Å². The molecule has 3 nitrogen and oxygen atoms in total. The van der Waals surface area contributed by atoms with E-state index >= 15 is 0 Å². The quantitative estimate of drug-likeness (QED) is 0.809. The normalized spacial score (nSPS) is 16.3. The standard InChI is InChI=1S/C13H14ClN3/c1-3-12(10-4-6-11(14)7-5-10)16-13-15-8-9-17(13)2/h1,4-7,12H,8-9H2,2H3,(H,15,16). The number of aliphatic imine (C=N–C) groups is 1. The first kappa shape index (κ1) is 11.8. The minimum absolute atomic E-state index is 0.174. The highest BCUT2D eigenvalue weighted by atomic mass is 35.5. The molecule has 17 heavy (non-hydrogen) atoms. The topological polar surface area (TPSA) is 27.6 Å². The average molecular weight is 248 g/mol. The molecule has 1 atom stereocenters. The van der Waals surface area contributed by atoms with Crippen molar-refractivity contribution < 1.29 is 0 Å². The van der Waals surface area contributed by atoms with Crippen LogP contribution in [0.4, 0.5) is 0 Å². The first-order valence-electron chi connectivity index (χ1n) is 5.44. The van der Waals surface area contributed by atoms with Gasteiger partial charge in [-0.2, -0.15) is 0 Å². The van der Waals surface area contributed by atoms with E-state index in [9.17, 15) is 0 Å². The van der Waals surface area contributed by atoms with Crippen LogP contribution >= 0.6 is 11.6 Å². The van der Waals surface area contributed by atoms with Crippen LogP contribution in [-0.4, -0.2) is 31.0 Å². The number of terminal acetylenes is 1. The lowest BCUT2D eigenvalue weighted by Gasteiger charge is -2.20. The van der Waals surface area contributed by atoms with Crippen molar-refractivity contribution in [3.05, 3.63) is 34.9 Å². The number of nitrogens with zero attached hydrogens (tertiary/aromatic N) is 2. The molecule has 0 bridgehead atoms. The summed E-state index contributed by atoms with van der Waals surface area (Å²) < 4.78 is 0. The van der Waals surface area contributed by atoms with E-state index in [4.69, 9.17) is 18.0 Å². The summed E-state index contributed by atoms with van der Waals surface area (Å²) in [5, 5.41) is 3.96. The monoisotopic (exact) mass is 247 g/mol. The van der Waals surface area contributed by atoms with Crippen molar-refractivity contribution in [2.75, 3.05) is 20.1 Å². The van der Waals surface area contributed by atoms with Gasteiger partial charge in [0.15, 0.2) is 5.96 Å². The highest BCUT2D eigenvalue weighted by Crippen LogP contribution is 2.16. The third-order valence-corrected chi connectivity index (χ3v) is 2.95. The molecule has 0 saturated heterocycles. The number of hydrogen-bond donors (Lipinski definition) is 1. The van der Waals surface area contributed by atoms with Crippen LogP contribution in [0.5, 0.6) is 0 Å². The van der Waals surface area contributed by atoms with Crippen LogP contribution in [0, 0.1) is 12.3 Å². The zero-order valence-electron chi connectivity index (χ0n) is 9.65. The first-order valence-corrected chi connectivity index (χ1v) is 5.82. The predicted octanol–water partition coefficient (Wildman–Crippen LogP) is 1.91. The Morgan fingerprint density at radius 3 is 2.71 bits per heavy atom. The molecule has 1 N–H and O–H groups in total. The van der Waals surface area contributed by atoms with Crippen LogP contribution < -0.4 is 5.32 Å². The van der Waals surface area contributed by atoms with Gasteiger partial charge in [-0.05, 0) is 17.7 Å². The Bertz CT molecular complexity index is 459. The van der Waals surface area contributed by atoms with Crippen molar-refractivity contribution in [1.29, 1.82) is 0 Å². The van der Waals surface area contributed by atoms with Gasteiger partial charge in [0.05, 0.1) is 6.54 Å². The molecule has 88 valence electrons. The number of likely N-dealkylation sites (N-methyl/N-ethyl adjacent to an activating group) is 1. The number of halogens is 1. The number of benzene rings is 1. The fraction of sp³-hybridized carbons (Fsp3) is 0.308. The van der Waals surface area contributed by atoms with Gasteiger partial charge in [0, 0.05) is 18.6 Å². The van der Waals surface area contributed by atoms with Crippen LogP contribution in [0.25, 0.3) is 0 Å². The van der Waals surface area contributed by atoms with E-state index < -0.39 is 0 Å². The highest BCUT2D eigenvalue weighted by Gasteiger charge is 2.16. The molecular formula is C13H14ClN3. The number of hydrogen-bond acceptors (Lipinski definition) is 3. The Morgan fingerprint density at radius 1 is 1.47 bits per heavy atom. The molecule has 1 unspecified atom stereocenters. The summed E-state index contributed by atoms with van der Waals surface area (Å²) in [6.07, 6.45) is 5.55. The minimum Gasteiger partial charge on any atom is -0.344 e. The zero-order chi connectivity index (χ0) is 12.3. The van der Waals surface area contributed by atoms with Gasteiger partial charge in [-0.15, -0.1) is 6.42 Å². The van der Waals surface area contributed by atoms with E-state index in [2.05, 4.69) is 21.1 Å². The van der Waals surface area contributed by atoms with Crippen molar-refractivity contribution >= 4 is 17.6 Å². The lowest BCUT2D eigenvalue weighted by molar-refractivity contribution is 0.529. The summed E-state index contributed by atoms with van der Waals surface area (Å²) in [7, 11) is 1.99. The number of rotatable bonds is 2. The molecule has 1 aliphatic heterocycles. The summed E-state index contributed by atoms with van der Waals surface area (Å²) in [6.45, 7) is 1.75. The lowest BCUT2D eigenvalue weighted by atomic mass is 10.1. The summed E-state index contributed by atoms with van der Waals surface area (Å²) in [4.78, 5) is 6.41. The Labute approximate surface area is 106 Å². The fourth-order valence-electron chi connectivity index (χ4n) is 1.69. The van der Waals surface area contributed by atoms with E-state index in [1.807, 2.05) is 31.3 Å². The van der Waals surface area contributed by atoms with Gasteiger partial charge in [0.2, 0.25) is 0 Å². The van der Waals surface area contributed by atoms with Gasteiger partial charge in [-0.25, -0.2) is 0 Å². The molecule has 0 fully saturated rings. The van der Waals surface area contributed by atoms with Crippen molar-refractivity contribution in [3.63, 3.8) is 0 Å². The minimum atomic E-state index is -0.174. The molecule has 4 heteroatoms. The molecule has 0 aromatic heterocycles. The molecule has 1 aromatic rings. The van der Waals surface area contributed by atoms with Gasteiger partial charge >= 0.3 is 0 Å². The molecule has 0 amide bonds. The van der Waals surface area contributed by atoms with E-state index in [1.165, 1.54) is 0 Å². The van der Waals surface area contributed by atoms with E-state index in [-0.39, 0.29) is 6.04 Å². The lowest BCUT2D eigenvalue weighted by Crippen LogP contribution is -2.37. The van der Waals surface area contributed by atoms with E-state index in [0.717, 1.165) is 24.6 Å². The van der Waals surface area contributed by atoms with Crippen LogP contribution in [0.2, 0.25) is 5.02 Å². The molecule has 2 rings (SSSR count). The van der Waals surface area contributed by atoms with Crippen molar-refractivity contribution in [1.82, 2.24) is 10.2 Å². The Morgan fingerprint density at radius 2 is 2.18 bits per heavy atom. The largest absolute Gasteiger partial charge is 0.344 e. The Balaban J connectivity index is 2.12. The molecule has 0 spiro atoms. The molecule has 1 heterocycles. The average Bonchev–Trinajstić information content (AvgIpc) is 2.73. The summed E-state index contributed by atoms with van der Waals surface area (Å²) in [5.41, 5.74) is 1.01. The van der Waals surface area contributed by atoms with Gasteiger partial charge in [-0.3, -0.25) is 4.99 Å². The number of guanidine groups is 1. The van der Waals surface area contributed by atoms with Crippen molar-refractivity contribution in [3.8, 4) is 12.3 Å². The molecule has 1 aliphatic rings. The summed E-state index contributed by atoms with van der Waals surface area (Å²) >= 11 is 5.85. The smallest absolute Gasteiger partial charge is 0.195 e. The fourth-order valence-corrected chi connectivity index (χ4v) is 1.82. The number of nitrogens with one attached hydrogen (secondary N) is 1. The Hall–Kier alpha value is -1.66. The third kappa shape index (κ3) is 2.72. The maximum absolute atomic E-state index is 5.85. The molecule has 1 aromatic carbocycles. The summed E-state index contributed by atoms with van der Waals surface area (Å²) in [5.74, 6) is 3.57. The van der Waals surface area contributed by atoms with Crippen LogP contribution in [0.3, 0.4) is 0 Å². The van der Waals surface area contributed by atoms with E-state index in [1.54, 1.807) is 0 Å². The second kappa shape index (κ2) is 5.11.